The van der Waals surface area contributed by atoms with Gasteiger partial charge in [0.05, 0.1) is 12.2 Å². The highest BCUT2D eigenvalue weighted by Crippen LogP contribution is 2.45. The molecule has 1 aromatic rings. The zero-order chi connectivity index (χ0) is 13.4. The molecule has 1 aromatic carbocycles. The van der Waals surface area contributed by atoms with Crippen LogP contribution in [0, 0.1) is 12.8 Å². The lowest BCUT2D eigenvalue weighted by Crippen LogP contribution is -2.33. The molecule has 2 aliphatic heterocycles. The minimum Gasteiger partial charge on any atom is -0.375 e. The number of aryl methyl sites for hydroxylation is 1. The molecule has 0 amide bonds. The van der Waals surface area contributed by atoms with Gasteiger partial charge in [-0.2, -0.15) is 0 Å². The van der Waals surface area contributed by atoms with Crippen molar-refractivity contribution < 1.29 is 4.74 Å². The normalized spacial score (nSPS) is 30.8. The van der Waals surface area contributed by atoms with E-state index >= 15 is 0 Å². The molecular weight excluding hydrogens is 258 g/mol. The highest BCUT2D eigenvalue weighted by Gasteiger charge is 2.44. The van der Waals surface area contributed by atoms with Crippen LogP contribution in [0.3, 0.4) is 0 Å². The third-order valence-corrected chi connectivity index (χ3v) is 4.97. The number of hydrogen-bond acceptors (Lipinski definition) is 2. The minimum atomic E-state index is 0.374. The Labute approximate surface area is 120 Å². The summed E-state index contributed by atoms with van der Waals surface area (Å²) in [4.78, 5) is 0. The van der Waals surface area contributed by atoms with Crippen LogP contribution in [0.25, 0.3) is 0 Å². The van der Waals surface area contributed by atoms with Crippen LogP contribution in [0.1, 0.15) is 43.4 Å². The molecule has 2 heterocycles. The fraction of sp³-hybridized carbons (Fsp3) is 0.625. The van der Waals surface area contributed by atoms with E-state index in [0.29, 0.717) is 24.2 Å². The summed E-state index contributed by atoms with van der Waals surface area (Å²) in [6.45, 7) is 5.19. The molecule has 4 unspecified atom stereocenters. The highest BCUT2D eigenvalue weighted by atomic mass is 35.5. The molecular formula is C16H22ClNO. The summed E-state index contributed by atoms with van der Waals surface area (Å²) < 4.78 is 6.01. The monoisotopic (exact) mass is 279 g/mol. The van der Waals surface area contributed by atoms with Gasteiger partial charge < -0.3 is 10.1 Å². The van der Waals surface area contributed by atoms with Gasteiger partial charge >= 0.3 is 0 Å². The highest BCUT2D eigenvalue weighted by molar-refractivity contribution is 6.31. The number of nitrogens with one attached hydrogen (secondary N) is 1. The molecule has 0 aliphatic carbocycles. The summed E-state index contributed by atoms with van der Waals surface area (Å²) in [6, 6.07) is 6.82. The average Bonchev–Trinajstić information content (AvgIpc) is 3.02. The summed E-state index contributed by atoms with van der Waals surface area (Å²) in [5.41, 5.74) is 2.45. The van der Waals surface area contributed by atoms with Gasteiger partial charge in [-0.3, -0.25) is 0 Å². The van der Waals surface area contributed by atoms with E-state index in [2.05, 4.69) is 37.4 Å². The van der Waals surface area contributed by atoms with E-state index in [0.717, 1.165) is 17.1 Å². The predicted molar refractivity (Wildman–Crippen MR) is 78.6 cm³/mol. The van der Waals surface area contributed by atoms with Gasteiger partial charge in [0.2, 0.25) is 0 Å². The standard InChI is InChI=1S/C16H22ClNO/c1-3-18-16(11-5-4-10(2)14(17)8-11)13-9-12-6-7-15(13)19-12/h4-5,8,12-13,15-16,18H,3,6-7,9H2,1-2H3. The molecule has 1 N–H and O–H groups in total. The fourth-order valence-corrected chi connectivity index (χ4v) is 3.76. The topological polar surface area (TPSA) is 21.3 Å². The van der Waals surface area contributed by atoms with E-state index in [-0.39, 0.29) is 0 Å². The van der Waals surface area contributed by atoms with Gasteiger partial charge in [0.25, 0.3) is 0 Å². The summed E-state index contributed by atoms with van der Waals surface area (Å²) in [7, 11) is 0. The number of hydrogen-bond donors (Lipinski definition) is 1. The number of ether oxygens (including phenoxy) is 1. The average molecular weight is 280 g/mol. The van der Waals surface area contributed by atoms with Crippen molar-refractivity contribution in [1.29, 1.82) is 0 Å². The van der Waals surface area contributed by atoms with Crippen molar-refractivity contribution in [2.75, 3.05) is 6.54 Å². The molecule has 2 aliphatic rings. The smallest absolute Gasteiger partial charge is 0.0627 e. The van der Waals surface area contributed by atoms with Gasteiger partial charge in [0, 0.05) is 17.0 Å². The Bertz CT molecular complexity index is 462. The van der Waals surface area contributed by atoms with E-state index in [4.69, 9.17) is 16.3 Å². The molecule has 104 valence electrons. The van der Waals surface area contributed by atoms with Crippen LogP contribution in [-0.2, 0) is 4.74 Å². The number of halogens is 1. The Morgan fingerprint density at radius 2 is 2.26 bits per heavy atom. The molecule has 2 saturated heterocycles. The summed E-state index contributed by atoms with van der Waals surface area (Å²) in [5, 5.41) is 4.50. The van der Waals surface area contributed by atoms with Crippen LogP contribution in [0.4, 0.5) is 0 Å². The predicted octanol–water partition coefficient (Wildman–Crippen LogP) is 3.87. The molecule has 2 nitrogen and oxygen atoms in total. The Kier molecular flexibility index (Phi) is 3.84. The van der Waals surface area contributed by atoms with E-state index < -0.39 is 0 Å². The Morgan fingerprint density at radius 1 is 1.42 bits per heavy atom. The maximum Gasteiger partial charge on any atom is 0.0627 e. The van der Waals surface area contributed by atoms with Crippen molar-refractivity contribution >= 4 is 11.6 Å². The number of fused-ring (bicyclic) bond motifs is 2. The van der Waals surface area contributed by atoms with Gasteiger partial charge in [-0.1, -0.05) is 30.7 Å². The second-order valence-electron chi connectivity index (χ2n) is 5.82. The first-order chi connectivity index (χ1) is 9.19. The second kappa shape index (κ2) is 5.43. The lowest BCUT2D eigenvalue weighted by atomic mass is 9.81. The van der Waals surface area contributed by atoms with Crippen LogP contribution in [-0.4, -0.2) is 18.8 Å². The largest absolute Gasteiger partial charge is 0.375 e. The van der Waals surface area contributed by atoms with Gasteiger partial charge in [0.15, 0.2) is 0 Å². The quantitative estimate of drug-likeness (QED) is 0.903. The molecule has 0 radical (unpaired) electrons. The lowest BCUT2D eigenvalue weighted by Gasteiger charge is -2.29. The SMILES string of the molecule is CCNC(c1ccc(C)c(Cl)c1)C1CC2CCC1O2. The molecule has 0 spiro atoms. The van der Waals surface area contributed by atoms with Crippen LogP contribution < -0.4 is 5.32 Å². The first-order valence-electron chi connectivity index (χ1n) is 7.34. The zero-order valence-electron chi connectivity index (χ0n) is 11.7. The Morgan fingerprint density at radius 3 is 2.84 bits per heavy atom. The first kappa shape index (κ1) is 13.4. The molecule has 2 bridgehead atoms. The molecule has 19 heavy (non-hydrogen) atoms. The summed E-state index contributed by atoms with van der Waals surface area (Å²) >= 11 is 6.28. The molecule has 4 atom stereocenters. The van der Waals surface area contributed by atoms with Crippen molar-refractivity contribution in [2.24, 2.45) is 5.92 Å². The molecule has 2 fully saturated rings. The summed E-state index contributed by atoms with van der Waals surface area (Å²) in [5.74, 6) is 0.595. The minimum absolute atomic E-state index is 0.374. The third-order valence-electron chi connectivity index (χ3n) is 4.56. The van der Waals surface area contributed by atoms with Crippen molar-refractivity contribution in [1.82, 2.24) is 5.32 Å². The van der Waals surface area contributed by atoms with Crippen LogP contribution in [0.5, 0.6) is 0 Å². The molecule has 0 saturated carbocycles. The van der Waals surface area contributed by atoms with Crippen molar-refractivity contribution in [2.45, 2.75) is 51.4 Å². The van der Waals surface area contributed by atoms with Gasteiger partial charge in [-0.25, -0.2) is 0 Å². The van der Waals surface area contributed by atoms with Gasteiger partial charge in [0.1, 0.15) is 0 Å². The van der Waals surface area contributed by atoms with Gasteiger partial charge in [-0.05, 0) is 49.9 Å². The number of benzene rings is 1. The maximum atomic E-state index is 6.28. The van der Waals surface area contributed by atoms with E-state index in [9.17, 15) is 0 Å². The molecule has 0 aromatic heterocycles. The van der Waals surface area contributed by atoms with E-state index in [1.165, 1.54) is 24.8 Å². The van der Waals surface area contributed by atoms with Gasteiger partial charge in [-0.15, -0.1) is 0 Å². The van der Waals surface area contributed by atoms with E-state index in [1.807, 2.05) is 0 Å². The zero-order valence-corrected chi connectivity index (χ0v) is 12.4. The van der Waals surface area contributed by atoms with Crippen molar-refractivity contribution in [3.05, 3.63) is 34.3 Å². The lowest BCUT2D eigenvalue weighted by molar-refractivity contribution is 0.0858. The van der Waals surface area contributed by atoms with Crippen molar-refractivity contribution in [3.8, 4) is 0 Å². The summed E-state index contributed by atoms with van der Waals surface area (Å²) in [6.07, 6.45) is 4.59. The fourth-order valence-electron chi connectivity index (χ4n) is 3.57. The first-order valence-corrected chi connectivity index (χ1v) is 7.71. The Balaban J connectivity index is 1.85. The van der Waals surface area contributed by atoms with Crippen LogP contribution in [0.15, 0.2) is 18.2 Å². The second-order valence-corrected chi connectivity index (χ2v) is 6.22. The maximum absolute atomic E-state index is 6.28. The number of rotatable bonds is 4. The van der Waals surface area contributed by atoms with Crippen LogP contribution >= 0.6 is 11.6 Å². The van der Waals surface area contributed by atoms with E-state index in [1.54, 1.807) is 0 Å². The third kappa shape index (κ3) is 2.54. The van der Waals surface area contributed by atoms with Crippen molar-refractivity contribution in [3.63, 3.8) is 0 Å². The molecule has 3 heteroatoms. The Hall–Kier alpha value is -0.570. The molecule has 3 rings (SSSR count). The van der Waals surface area contributed by atoms with Crippen LogP contribution in [0.2, 0.25) is 5.02 Å².